The van der Waals surface area contributed by atoms with Crippen molar-refractivity contribution < 1.29 is 13.2 Å². The minimum Gasteiger partial charge on any atom is -0.353 e. The lowest BCUT2D eigenvalue weighted by molar-refractivity contribution is -0.137. The molecular weight excluding hydrogens is 343 g/mol. The van der Waals surface area contributed by atoms with Crippen LogP contribution < -0.4 is 10.6 Å². The van der Waals surface area contributed by atoms with Crippen LogP contribution in [0.15, 0.2) is 36.5 Å². The van der Waals surface area contributed by atoms with Gasteiger partial charge in [0.1, 0.15) is 11.3 Å². The Hall–Kier alpha value is -2.61. The Labute approximate surface area is 148 Å². The van der Waals surface area contributed by atoms with Gasteiger partial charge in [0, 0.05) is 29.7 Å². The van der Waals surface area contributed by atoms with Crippen molar-refractivity contribution in [1.82, 2.24) is 20.3 Å². The lowest BCUT2D eigenvalue weighted by Gasteiger charge is -2.24. The van der Waals surface area contributed by atoms with Crippen LogP contribution in [0.25, 0.3) is 22.3 Å². The number of anilines is 1. The fourth-order valence-electron chi connectivity index (χ4n) is 3.22. The summed E-state index contributed by atoms with van der Waals surface area (Å²) >= 11 is 0. The molecule has 1 aliphatic rings. The monoisotopic (exact) mass is 361 g/mol. The molecule has 3 N–H and O–H groups in total. The van der Waals surface area contributed by atoms with E-state index in [4.69, 9.17) is 0 Å². The van der Waals surface area contributed by atoms with Gasteiger partial charge in [0.05, 0.1) is 5.69 Å². The highest BCUT2D eigenvalue weighted by molar-refractivity contribution is 5.85. The Bertz CT molecular complexity index is 880. The molecule has 26 heavy (non-hydrogen) atoms. The third kappa shape index (κ3) is 3.37. The van der Waals surface area contributed by atoms with E-state index in [9.17, 15) is 13.2 Å². The zero-order valence-electron chi connectivity index (χ0n) is 13.9. The van der Waals surface area contributed by atoms with Gasteiger partial charge in [0.25, 0.3) is 0 Å². The minimum absolute atomic E-state index is 0.107. The molecular formula is C18H18F3N5. The molecule has 0 spiro atoms. The molecule has 8 heteroatoms. The van der Waals surface area contributed by atoms with E-state index in [-0.39, 0.29) is 17.7 Å². The van der Waals surface area contributed by atoms with E-state index < -0.39 is 11.7 Å². The Kier molecular flexibility index (Phi) is 4.28. The molecule has 4 rings (SSSR count). The number of nitrogens with zero attached hydrogens (tertiary/aromatic N) is 2. The third-order valence-electron chi connectivity index (χ3n) is 4.51. The number of para-hydroxylation sites is 1. The van der Waals surface area contributed by atoms with Crippen molar-refractivity contribution in [2.24, 2.45) is 0 Å². The third-order valence-corrected chi connectivity index (χ3v) is 4.51. The highest BCUT2D eigenvalue weighted by Crippen LogP contribution is 2.36. The van der Waals surface area contributed by atoms with Crippen molar-refractivity contribution in [2.45, 2.75) is 25.1 Å². The predicted molar refractivity (Wildman–Crippen MR) is 93.8 cm³/mol. The average Bonchev–Trinajstić information content (AvgIpc) is 3.06. The molecule has 0 unspecified atom stereocenters. The molecule has 0 aliphatic carbocycles. The number of aromatic nitrogens is 3. The number of alkyl halides is 3. The highest BCUT2D eigenvalue weighted by atomic mass is 19.4. The maximum atomic E-state index is 13.5. The zero-order chi connectivity index (χ0) is 18.1. The summed E-state index contributed by atoms with van der Waals surface area (Å²) in [6.45, 7) is 1.69. The summed E-state index contributed by atoms with van der Waals surface area (Å²) in [5.41, 5.74) is 0.0947. The van der Waals surface area contributed by atoms with Crippen LogP contribution in [0.4, 0.5) is 19.1 Å². The number of nitrogens with one attached hydrogen (secondary N) is 3. The van der Waals surface area contributed by atoms with Crippen LogP contribution in [-0.4, -0.2) is 34.1 Å². The van der Waals surface area contributed by atoms with Gasteiger partial charge in [-0.15, -0.1) is 0 Å². The van der Waals surface area contributed by atoms with Crippen molar-refractivity contribution in [3.63, 3.8) is 0 Å². The van der Waals surface area contributed by atoms with Crippen LogP contribution in [-0.2, 0) is 6.18 Å². The number of piperidine rings is 1. The molecule has 0 amide bonds. The first-order valence-electron chi connectivity index (χ1n) is 8.50. The molecule has 3 heterocycles. The van der Waals surface area contributed by atoms with Gasteiger partial charge >= 0.3 is 6.18 Å². The maximum Gasteiger partial charge on any atom is 0.420 e. The van der Waals surface area contributed by atoms with E-state index in [0.717, 1.165) is 43.0 Å². The number of fused-ring (bicyclic) bond motifs is 1. The summed E-state index contributed by atoms with van der Waals surface area (Å²) in [5.74, 6) is 0.209. The molecule has 1 saturated heterocycles. The lowest BCUT2D eigenvalue weighted by atomic mass is 10.1. The first-order chi connectivity index (χ1) is 12.5. The van der Waals surface area contributed by atoms with Gasteiger partial charge in [-0.3, -0.25) is 0 Å². The summed E-state index contributed by atoms with van der Waals surface area (Å²) in [4.78, 5) is 11.1. The largest absolute Gasteiger partial charge is 0.420 e. The molecule has 3 aromatic rings. The number of benzene rings is 1. The van der Waals surface area contributed by atoms with E-state index in [1.165, 1.54) is 0 Å². The van der Waals surface area contributed by atoms with E-state index >= 15 is 0 Å². The van der Waals surface area contributed by atoms with Crippen LogP contribution in [0.5, 0.6) is 0 Å². The van der Waals surface area contributed by atoms with Gasteiger partial charge in [-0.1, -0.05) is 18.2 Å². The van der Waals surface area contributed by atoms with Crippen molar-refractivity contribution in [2.75, 3.05) is 18.4 Å². The Balaban J connectivity index is 1.75. The van der Waals surface area contributed by atoms with Gasteiger partial charge in [0.15, 0.2) is 0 Å². The van der Waals surface area contributed by atoms with Gasteiger partial charge in [-0.25, -0.2) is 9.97 Å². The molecule has 2 aromatic heterocycles. The number of halogens is 3. The number of hydrogen-bond donors (Lipinski definition) is 3. The molecule has 1 atom stereocenters. The van der Waals surface area contributed by atoms with Gasteiger partial charge < -0.3 is 15.6 Å². The van der Waals surface area contributed by atoms with Crippen molar-refractivity contribution >= 4 is 16.9 Å². The van der Waals surface area contributed by atoms with Gasteiger partial charge in [0.2, 0.25) is 5.95 Å². The molecule has 5 nitrogen and oxygen atoms in total. The maximum absolute atomic E-state index is 13.5. The summed E-state index contributed by atoms with van der Waals surface area (Å²) in [6, 6.07) is 9.12. The number of H-pyrrole nitrogens is 1. The van der Waals surface area contributed by atoms with Crippen LogP contribution in [0.3, 0.4) is 0 Å². The minimum atomic E-state index is -4.53. The topological polar surface area (TPSA) is 65.6 Å². The Morgan fingerprint density at radius 1 is 1.19 bits per heavy atom. The molecule has 0 radical (unpaired) electrons. The summed E-state index contributed by atoms with van der Waals surface area (Å²) in [5, 5.41) is 7.22. The normalized spacial score (nSPS) is 18.2. The van der Waals surface area contributed by atoms with E-state index in [2.05, 4.69) is 25.6 Å². The fourth-order valence-corrected chi connectivity index (χ4v) is 3.22. The Morgan fingerprint density at radius 3 is 2.77 bits per heavy atom. The quantitative estimate of drug-likeness (QED) is 0.664. The molecule has 0 saturated carbocycles. The molecule has 1 aliphatic heterocycles. The summed E-state index contributed by atoms with van der Waals surface area (Å²) in [6.07, 6.45) is -1.74. The summed E-state index contributed by atoms with van der Waals surface area (Å²) in [7, 11) is 0. The zero-order valence-corrected chi connectivity index (χ0v) is 13.9. The van der Waals surface area contributed by atoms with E-state index in [1.807, 2.05) is 24.3 Å². The molecule has 1 aromatic carbocycles. The number of aromatic amines is 1. The van der Waals surface area contributed by atoms with Crippen LogP contribution in [0.1, 0.15) is 18.4 Å². The number of hydrogen-bond acceptors (Lipinski definition) is 4. The second kappa shape index (κ2) is 6.60. The van der Waals surface area contributed by atoms with Gasteiger partial charge in [-0.05, 0) is 31.5 Å². The summed E-state index contributed by atoms with van der Waals surface area (Å²) < 4.78 is 40.4. The van der Waals surface area contributed by atoms with Crippen LogP contribution >= 0.6 is 0 Å². The molecule has 1 fully saturated rings. The first-order valence-corrected chi connectivity index (χ1v) is 8.50. The van der Waals surface area contributed by atoms with E-state index in [0.29, 0.717) is 5.69 Å². The van der Waals surface area contributed by atoms with Crippen LogP contribution in [0.2, 0.25) is 0 Å². The smallest absolute Gasteiger partial charge is 0.353 e. The van der Waals surface area contributed by atoms with E-state index in [1.54, 1.807) is 6.07 Å². The van der Waals surface area contributed by atoms with Crippen LogP contribution in [0, 0.1) is 0 Å². The van der Waals surface area contributed by atoms with Gasteiger partial charge in [-0.2, -0.15) is 13.2 Å². The second-order valence-corrected chi connectivity index (χ2v) is 6.41. The van der Waals surface area contributed by atoms with Crippen molar-refractivity contribution in [3.8, 4) is 11.4 Å². The highest BCUT2D eigenvalue weighted by Gasteiger charge is 2.36. The standard InChI is InChI=1S/C18H18F3N5/c19-18(20,21)13-10-23-17(24-12-5-3-7-22-9-12)26-16(13)15-8-11-4-1-2-6-14(11)25-15/h1-2,4,6,8,10,12,22,25H,3,5,7,9H2,(H,23,24,26)/t12-/m0/s1. The predicted octanol–water partition coefficient (Wildman–Crippen LogP) is 3.81. The molecule has 0 bridgehead atoms. The Morgan fingerprint density at radius 2 is 2.04 bits per heavy atom. The first kappa shape index (κ1) is 16.8. The fraction of sp³-hybridized carbons (Fsp3) is 0.333. The SMILES string of the molecule is FC(F)(F)c1cnc(N[C@H]2CCCNC2)nc1-c1cc2ccccc2[nH]1. The average molecular weight is 361 g/mol. The lowest BCUT2D eigenvalue weighted by Crippen LogP contribution is -2.38. The number of rotatable bonds is 3. The van der Waals surface area contributed by atoms with Crippen molar-refractivity contribution in [1.29, 1.82) is 0 Å². The molecule has 136 valence electrons. The second-order valence-electron chi connectivity index (χ2n) is 6.41. The van der Waals surface area contributed by atoms with Crippen molar-refractivity contribution in [3.05, 3.63) is 42.1 Å².